The van der Waals surface area contributed by atoms with Crippen molar-refractivity contribution in [2.24, 2.45) is 0 Å². The van der Waals surface area contributed by atoms with Crippen molar-refractivity contribution in [3.05, 3.63) is 59.1 Å². The Morgan fingerprint density at radius 3 is 2.76 bits per heavy atom. The van der Waals surface area contributed by atoms with E-state index in [0.29, 0.717) is 16.3 Å². The molecule has 0 spiro atoms. The first-order chi connectivity index (χ1) is 12.2. The lowest BCUT2D eigenvalue weighted by atomic mass is 10.1. The van der Waals surface area contributed by atoms with Gasteiger partial charge in [0.25, 0.3) is 0 Å². The Hall–Kier alpha value is -3.10. The van der Waals surface area contributed by atoms with Crippen molar-refractivity contribution in [3.63, 3.8) is 0 Å². The molecule has 0 radical (unpaired) electrons. The summed E-state index contributed by atoms with van der Waals surface area (Å²) in [5, 5.41) is 9.98. The number of carbonyl (C=O) groups is 1. The van der Waals surface area contributed by atoms with Gasteiger partial charge < -0.3 is 9.84 Å². The van der Waals surface area contributed by atoms with Crippen LogP contribution in [0.5, 0.6) is 5.75 Å². The maximum atomic E-state index is 11.3. The van der Waals surface area contributed by atoms with Crippen LogP contribution in [0.4, 0.5) is 0 Å². The molecule has 1 heterocycles. The molecular formula is C20H15NO3S. The molecule has 0 aliphatic rings. The molecule has 25 heavy (non-hydrogen) atoms. The summed E-state index contributed by atoms with van der Waals surface area (Å²) < 4.78 is 6.56. The molecule has 3 aromatic rings. The van der Waals surface area contributed by atoms with Gasteiger partial charge in [-0.2, -0.15) is 0 Å². The minimum absolute atomic E-state index is 0.122. The minimum Gasteiger partial charge on any atom is -0.481 e. The Morgan fingerprint density at radius 1 is 1.24 bits per heavy atom. The number of para-hydroxylation sites is 2. The first-order valence-corrected chi connectivity index (χ1v) is 8.42. The van der Waals surface area contributed by atoms with Gasteiger partial charge in [-0.3, -0.25) is 4.79 Å². The number of hydrogen-bond donors (Lipinski definition) is 1. The number of carboxylic acid groups (broad SMARTS) is 1. The van der Waals surface area contributed by atoms with Crippen molar-refractivity contribution in [1.82, 2.24) is 4.98 Å². The molecule has 1 N–H and O–H groups in total. The Kier molecular flexibility index (Phi) is 5.12. The molecule has 124 valence electrons. The molecule has 0 aliphatic carbocycles. The fraction of sp³-hybridized carbons (Fsp3) is 0.100. The van der Waals surface area contributed by atoms with E-state index in [1.807, 2.05) is 42.5 Å². The number of carboxylic acids is 1. The molecule has 0 atom stereocenters. The van der Waals surface area contributed by atoms with Gasteiger partial charge in [-0.25, -0.2) is 4.98 Å². The van der Waals surface area contributed by atoms with Gasteiger partial charge in [0, 0.05) is 5.56 Å². The third-order valence-corrected chi connectivity index (χ3v) is 4.58. The summed E-state index contributed by atoms with van der Waals surface area (Å²) in [6, 6.07) is 15.1. The molecule has 5 heteroatoms. The molecule has 0 aliphatic heterocycles. The van der Waals surface area contributed by atoms with Crippen LogP contribution in [0.1, 0.15) is 17.0 Å². The van der Waals surface area contributed by atoms with Crippen LogP contribution < -0.4 is 4.74 Å². The average Bonchev–Trinajstić information content (AvgIpc) is 3.04. The second-order valence-electron chi connectivity index (χ2n) is 5.26. The lowest BCUT2D eigenvalue weighted by Crippen LogP contribution is -1.98. The summed E-state index contributed by atoms with van der Waals surface area (Å²) in [5.74, 6) is 2.14. The molecule has 2 aromatic carbocycles. The van der Waals surface area contributed by atoms with Crippen LogP contribution >= 0.6 is 11.3 Å². The quantitative estimate of drug-likeness (QED) is 0.673. The second kappa shape index (κ2) is 7.65. The number of benzene rings is 2. The fourth-order valence-electron chi connectivity index (χ4n) is 2.40. The van der Waals surface area contributed by atoms with Gasteiger partial charge in [-0.05, 0) is 29.8 Å². The molecule has 0 amide bonds. The maximum absolute atomic E-state index is 11.3. The highest BCUT2D eigenvalue weighted by Gasteiger charge is 2.13. The summed E-state index contributed by atoms with van der Waals surface area (Å²) in [7, 11) is 0. The summed E-state index contributed by atoms with van der Waals surface area (Å²) in [5.41, 5.74) is 2.26. The molecular weight excluding hydrogens is 334 g/mol. The van der Waals surface area contributed by atoms with Gasteiger partial charge in [0.15, 0.2) is 0 Å². The van der Waals surface area contributed by atoms with Crippen LogP contribution in [0.15, 0.2) is 48.5 Å². The highest BCUT2D eigenvalue weighted by molar-refractivity contribution is 7.19. The van der Waals surface area contributed by atoms with E-state index < -0.39 is 5.97 Å². The van der Waals surface area contributed by atoms with Crippen LogP contribution in [-0.4, -0.2) is 22.7 Å². The molecule has 0 saturated heterocycles. The summed E-state index contributed by atoms with van der Waals surface area (Å²) in [4.78, 5) is 15.9. The number of rotatable bonds is 6. The number of hydrogen-bond acceptors (Lipinski definition) is 4. The van der Waals surface area contributed by atoms with Crippen LogP contribution in [0.2, 0.25) is 0 Å². The Morgan fingerprint density at radius 2 is 2.00 bits per heavy atom. The first kappa shape index (κ1) is 16.7. The lowest BCUT2D eigenvalue weighted by Gasteiger charge is -2.08. The molecule has 0 bridgehead atoms. The van der Waals surface area contributed by atoms with E-state index in [9.17, 15) is 9.90 Å². The zero-order valence-electron chi connectivity index (χ0n) is 13.3. The Labute approximate surface area is 149 Å². The topological polar surface area (TPSA) is 59.4 Å². The summed E-state index contributed by atoms with van der Waals surface area (Å²) in [6.45, 7) is 0.153. The van der Waals surface area contributed by atoms with E-state index in [1.165, 1.54) is 11.3 Å². The monoisotopic (exact) mass is 349 g/mol. The van der Waals surface area contributed by atoms with Gasteiger partial charge >= 0.3 is 5.97 Å². The predicted molar refractivity (Wildman–Crippen MR) is 101 cm³/mol. The highest BCUT2D eigenvalue weighted by atomic mass is 32.1. The Bertz CT molecular complexity index is 949. The number of ether oxygens (including phenoxy) is 1. The van der Waals surface area contributed by atoms with E-state index in [1.54, 1.807) is 12.1 Å². The van der Waals surface area contributed by atoms with Crippen LogP contribution in [-0.2, 0) is 4.79 Å². The van der Waals surface area contributed by atoms with Crippen molar-refractivity contribution in [2.45, 2.75) is 6.42 Å². The van der Waals surface area contributed by atoms with Gasteiger partial charge in [0.2, 0.25) is 0 Å². The van der Waals surface area contributed by atoms with Gasteiger partial charge in [-0.15, -0.1) is 17.8 Å². The largest absolute Gasteiger partial charge is 0.481 e. The highest BCUT2D eigenvalue weighted by Crippen LogP contribution is 2.32. The third kappa shape index (κ3) is 4.06. The van der Waals surface area contributed by atoms with Crippen LogP contribution in [0.3, 0.4) is 0 Å². The number of terminal acetylenes is 1. The number of nitrogens with zero attached hydrogens (tertiary/aromatic N) is 1. The van der Waals surface area contributed by atoms with Crippen molar-refractivity contribution < 1.29 is 14.6 Å². The van der Waals surface area contributed by atoms with Crippen molar-refractivity contribution in [3.8, 4) is 18.1 Å². The number of thiazole rings is 1. The second-order valence-corrected chi connectivity index (χ2v) is 6.29. The molecule has 4 nitrogen and oxygen atoms in total. The molecule has 0 fully saturated rings. The fourth-order valence-corrected chi connectivity index (χ4v) is 3.38. The van der Waals surface area contributed by atoms with E-state index >= 15 is 0 Å². The van der Waals surface area contributed by atoms with Crippen molar-refractivity contribution in [1.29, 1.82) is 0 Å². The van der Waals surface area contributed by atoms with E-state index in [-0.39, 0.29) is 13.0 Å². The lowest BCUT2D eigenvalue weighted by molar-refractivity contribution is -0.135. The van der Waals surface area contributed by atoms with E-state index in [2.05, 4.69) is 10.9 Å². The average molecular weight is 349 g/mol. The minimum atomic E-state index is -0.910. The Balaban J connectivity index is 2.05. The summed E-state index contributed by atoms with van der Waals surface area (Å²) >= 11 is 1.47. The van der Waals surface area contributed by atoms with Crippen molar-refractivity contribution in [2.75, 3.05) is 6.61 Å². The predicted octanol–water partition coefficient (Wildman–Crippen LogP) is 4.32. The van der Waals surface area contributed by atoms with Crippen molar-refractivity contribution >= 4 is 39.2 Å². The van der Waals surface area contributed by atoms with E-state index in [0.717, 1.165) is 15.8 Å². The summed E-state index contributed by atoms with van der Waals surface area (Å²) in [6.07, 6.45) is 6.93. The zero-order valence-corrected chi connectivity index (χ0v) is 14.1. The van der Waals surface area contributed by atoms with Crippen LogP contribution in [0.25, 0.3) is 21.9 Å². The molecule has 3 rings (SSSR count). The van der Waals surface area contributed by atoms with Crippen LogP contribution in [0, 0.1) is 12.3 Å². The van der Waals surface area contributed by atoms with E-state index in [4.69, 9.17) is 11.2 Å². The van der Waals surface area contributed by atoms with Gasteiger partial charge in [-0.1, -0.05) is 36.3 Å². The zero-order chi connectivity index (χ0) is 17.6. The smallest absolute Gasteiger partial charge is 0.307 e. The molecule has 0 saturated carbocycles. The number of aliphatic carboxylic acids is 1. The first-order valence-electron chi connectivity index (χ1n) is 7.61. The normalized spacial score (nSPS) is 11.2. The molecule has 0 unspecified atom stereocenters. The number of fused-ring (bicyclic) bond motifs is 1. The molecule has 1 aromatic heterocycles. The maximum Gasteiger partial charge on any atom is 0.307 e. The van der Waals surface area contributed by atoms with Gasteiger partial charge in [0.05, 0.1) is 16.6 Å². The van der Waals surface area contributed by atoms with Gasteiger partial charge in [0.1, 0.15) is 17.4 Å². The standard InChI is InChI=1S/C20H15NO3S/c1-2-11-24-17-9-5-3-7-14(17)12-15(13-19(22)23)20-21-16-8-4-6-10-18(16)25-20/h1,3-10,12H,11,13H2,(H,22,23). The third-order valence-electron chi connectivity index (χ3n) is 3.47. The number of aromatic nitrogens is 1. The SMILES string of the molecule is C#CCOc1ccccc1C=C(CC(=O)O)c1nc2ccccc2s1.